The Morgan fingerprint density at radius 3 is 2.33 bits per heavy atom. The molecule has 9 heteroatoms. The Bertz CT molecular complexity index is 1350. The van der Waals surface area contributed by atoms with Crippen LogP contribution in [0.4, 0.5) is 11.5 Å². The van der Waals surface area contributed by atoms with Crippen molar-refractivity contribution >= 4 is 33.9 Å². The molecule has 1 aromatic carbocycles. The Hall–Kier alpha value is -2.84. The number of benzene rings is 1. The SMILES string of the molecule is Cc1cc2c(=O)n(CCCN3CCN(c4ccccc4Cl)CC3)n(C)c(=O)c2c(N2CCCCC2)n1. The fraction of sp³-hybridized carbons (Fsp3) is 0.519. The number of aromatic nitrogens is 3. The zero-order chi connectivity index (χ0) is 25.2. The van der Waals surface area contributed by atoms with E-state index in [1.807, 2.05) is 25.1 Å². The van der Waals surface area contributed by atoms with Gasteiger partial charge in [-0.3, -0.25) is 19.2 Å². The lowest BCUT2D eigenvalue weighted by Gasteiger charge is -2.36. The van der Waals surface area contributed by atoms with Crippen molar-refractivity contribution in [2.75, 3.05) is 55.6 Å². The molecule has 4 heterocycles. The predicted octanol–water partition coefficient (Wildman–Crippen LogP) is 3.26. The third-order valence-corrected chi connectivity index (χ3v) is 7.85. The van der Waals surface area contributed by atoms with Gasteiger partial charge in [0, 0.05) is 65.1 Å². The van der Waals surface area contributed by atoms with E-state index in [4.69, 9.17) is 16.6 Å². The second-order valence-corrected chi connectivity index (χ2v) is 10.4. The van der Waals surface area contributed by atoms with E-state index in [1.54, 1.807) is 17.8 Å². The number of hydrogen-bond acceptors (Lipinski definition) is 6. The molecule has 0 atom stereocenters. The number of fused-ring (bicyclic) bond motifs is 1. The molecule has 0 radical (unpaired) electrons. The molecule has 0 bridgehead atoms. The maximum absolute atomic E-state index is 13.5. The summed E-state index contributed by atoms with van der Waals surface area (Å²) in [5.74, 6) is 0.672. The minimum atomic E-state index is -0.147. The van der Waals surface area contributed by atoms with E-state index in [2.05, 4.69) is 20.8 Å². The van der Waals surface area contributed by atoms with Crippen LogP contribution in [-0.4, -0.2) is 65.1 Å². The molecule has 8 nitrogen and oxygen atoms in total. The number of halogens is 1. The molecular weight excluding hydrogens is 476 g/mol. The lowest BCUT2D eigenvalue weighted by atomic mass is 10.1. The average molecular weight is 511 g/mol. The van der Waals surface area contributed by atoms with Gasteiger partial charge in [0.05, 0.1) is 21.5 Å². The van der Waals surface area contributed by atoms with Crippen molar-refractivity contribution in [1.29, 1.82) is 0 Å². The van der Waals surface area contributed by atoms with E-state index in [9.17, 15) is 9.59 Å². The number of anilines is 2. The maximum atomic E-state index is 13.5. The van der Waals surface area contributed by atoms with E-state index in [1.165, 1.54) is 11.1 Å². The monoisotopic (exact) mass is 510 g/mol. The smallest absolute Gasteiger partial charge is 0.276 e. The first kappa shape index (κ1) is 24.8. The summed E-state index contributed by atoms with van der Waals surface area (Å²) in [6.45, 7) is 8.77. The summed E-state index contributed by atoms with van der Waals surface area (Å²) in [5.41, 5.74) is 1.60. The summed E-state index contributed by atoms with van der Waals surface area (Å²) in [5, 5.41) is 1.73. The highest BCUT2D eigenvalue weighted by Gasteiger charge is 2.22. The van der Waals surface area contributed by atoms with Gasteiger partial charge >= 0.3 is 0 Å². The first-order valence-electron chi connectivity index (χ1n) is 13.0. The van der Waals surface area contributed by atoms with Crippen LogP contribution >= 0.6 is 11.6 Å². The number of aryl methyl sites for hydroxylation is 1. The topological polar surface area (TPSA) is 66.6 Å². The van der Waals surface area contributed by atoms with Crippen LogP contribution in [0, 0.1) is 6.92 Å². The summed E-state index contributed by atoms with van der Waals surface area (Å²) >= 11 is 6.37. The first-order valence-corrected chi connectivity index (χ1v) is 13.4. The molecule has 2 fully saturated rings. The number of piperazine rings is 1. The Morgan fingerprint density at radius 2 is 1.61 bits per heavy atom. The highest BCUT2D eigenvalue weighted by molar-refractivity contribution is 6.33. The van der Waals surface area contributed by atoms with Crippen molar-refractivity contribution in [1.82, 2.24) is 19.2 Å². The van der Waals surface area contributed by atoms with Crippen LogP contribution in [0.3, 0.4) is 0 Å². The second-order valence-electron chi connectivity index (χ2n) is 9.95. The summed E-state index contributed by atoms with van der Waals surface area (Å²) in [6.07, 6.45) is 4.16. The Labute approximate surface area is 216 Å². The van der Waals surface area contributed by atoms with E-state index in [0.29, 0.717) is 23.1 Å². The quantitative estimate of drug-likeness (QED) is 0.507. The second kappa shape index (κ2) is 10.6. The molecule has 0 saturated carbocycles. The summed E-state index contributed by atoms with van der Waals surface area (Å²) in [6, 6.07) is 9.75. The van der Waals surface area contributed by atoms with Crippen LogP contribution in [0.15, 0.2) is 39.9 Å². The van der Waals surface area contributed by atoms with Gasteiger partial charge in [-0.1, -0.05) is 23.7 Å². The molecule has 2 aliphatic rings. The van der Waals surface area contributed by atoms with Gasteiger partial charge in [0.25, 0.3) is 11.1 Å². The third kappa shape index (κ3) is 4.89. The molecule has 0 aliphatic carbocycles. The minimum absolute atomic E-state index is 0.112. The van der Waals surface area contributed by atoms with Gasteiger partial charge in [0.15, 0.2) is 0 Å². The van der Waals surface area contributed by atoms with Gasteiger partial charge in [0.1, 0.15) is 5.82 Å². The predicted molar refractivity (Wildman–Crippen MR) is 147 cm³/mol. The van der Waals surface area contributed by atoms with Crippen molar-refractivity contribution in [3.05, 3.63) is 61.8 Å². The number of para-hydroxylation sites is 1. The zero-order valence-corrected chi connectivity index (χ0v) is 22.0. The molecule has 0 unspecified atom stereocenters. The summed E-state index contributed by atoms with van der Waals surface area (Å²) < 4.78 is 3.09. The molecule has 2 saturated heterocycles. The van der Waals surface area contributed by atoms with Crippen molar-refractivity contribution in [3.63, 3.8) is 0 Å². The molecule has 192 valence electrons. The van der Waals surface area contributed by atoms with Gasteiger partial charge in [-0.25, -0.2) is 9.67 Å². The molecule has 3 aromatic rings. The van der Waals surface area contributed by atoms with Gasteiger partial charge < -0.3 is 9.80 Å². The number of rotatable bonds is 6. The largest absolute Gasteiger partial charge is 0.368 e. The van der Waals surface area contributed by atoms with Crippen molar-refractivity contribution in [3.8, 4) is 0 Å². The van der Waals surface area contributed by atoms with Crippen molar-refractivity contribution in [2.45, 2.75) is 39.2 Å². The van der Waals surface area contributed by atoms with Gasteiger partial charge in [0.2, 0.25) is 0 Å². The first-order chi connectivity index (χ1) is 17.4. The Morgan fingerprint density at radius 1 is 0.889 bits per heavy atom. The molecule has 2 aliphatic heterocycles. The van der Waals surface area contributed by atoms with Crippen LogP contribution < -0.4 is 20.9 Å². The molecule has 0 N–H and O–H groups in total. The van der Waals surface area contributed by atoms with Crippen LogP contribution in [0.5, 0.6) is 0 Å². The van der Waals surface area contributed by atoms with Crippen molar-refractivity contribution < 1.29 is 0 Å². The van der Waals surface area contributed by atoms with Gasteiger partial charge in [-0.15, -0.1) is 0 Å². The van der Waals surface area contributed by atoms with Crippen LogP contribution in [0.2, 0.25) is 5.02 Å². The third-order valence-electron chi connectivity index (χ3n) is 7.53. The standard InChI is InChI=1S/C27H35ClN6O2/c1-20-19-21-24(25(29-20)33-12-6-3-7-13-33)27(36)30(2)34(26(21)35)14-8-11-31-15-17-32(18-16-31)23-10-5-4-9-22(23)28/h4-5,9-10,19H,3,6-8,11-18H2,1-2H3. The highest BCUT2D eigenvalue weighted by atomic mass is 35.5. The number of piperidine rings is 1. The Kier molecular flexibility index (Phi) is 7.34. The number of pyridine rings is 1. The minimum Gasteiger partial charge on any atom is -0.368 e. The highest BCUT2D eigenvalue weighted by Crippen LogP contribution is 2.26. The molecule has 5 rings (SSSR count). The zero-order valence-electron chi connectivity index (χ0n) is 21.2. The fourth-order valence-electron chi connectivity index (χ4n) is 5.53. The molecule has 0 amide bonds. The van der Waals surface area contributed by atoms with E-state index >= 15 is 0 Å². The van der Waals surface area contributed by atoms with Crippen LogP contribution in [-0.2, 0) is 13.6 Å². The fourth-order valence-corrected chi connectivity index (χ4v) is 5.79. The molecule has 0 spiro atoms. The van der Waals surface area contributed by atoms with Gasteiger partial charge in [-0.05, 0) is 50.8 Å². The molecular formula is C27H35ClN6O2. The van der Waals surface area contributed by atoms with Crippen LogP contribution in [0.1, 0.15) is 31.4 Å². The van der Waals surface area contributed by atoms with Crippen LogP contribution in [0.25, 0.3) is 10.8 Å². The van der Waals surface area contributed by atoms with Gasteiger partial charge in [-0.2, -0.15) is 0 Å². The van der Waals surface area contributed by atoms with E-state index in [-0.39, 0.29) is 11.1 Å². The molecule has 2 aromatic heterocycles. The maximum Gasteiger partial charge on any atom is 0.276 e. The van der Waals surface area contributed by atoms with Crippen molar-refractivity contribution in [2.24, 2.45) is 7.05 Å². The van der Waals surface area contributed by atoms with E-state index < -0.39 is 0 Å². The molecule has 36 heavy (non-hydrogen) atoms. The summed E-state index contributed by atoms with van der Waals surface area (Å²) in [4.78, 5) is 38.6. The normalized spacial score (nSPS) is 17.2. The number of hydrogen-bond donors (Lipinski definition) is 0. The number of nitrogens with zero attached hydrogens (tertiary/aromatic N) is 6. The lowest BCUT2D eigenvalue weighted by molar-refractivity contribution is 0.246. The summed E-state index contributed by atoms with van der Waals surface area (Å²) in [7, 11) is 1.70. The van der Waals surface area contributed by atoms with E-state index in [0.717, 1.165) is 81.5 Å². The average Bonchev–Trinajstić information content (AvgIpc) is 2.90. The lowest BCUT2D eigenvalue weighted by Crippen LogP contribution is -2.47. The Balaban J connectivity index is 1.30.